The van der Waals surface area contributed by atoms with Crippen molar-refractivity contribution in [2.75, 3.05) is 13.2 Å². The molecule has 4 heteroatoms. The molecule has 5 fully saturated rings. The standard InChI is InChI=1S/C20H26O4/c1-17-6-5-15-13(14(17)2-3-16(17)21)4-7-18-12-19(22-10-11-23-19)8-9-20(15,18)24-18/h5,13-14H,2-4,6-12H2,1H3/t13-,14-,17-,18+,20+/m1/s1. The van der Waals surface area contributed by atoms with Crippen molar-refractivity contribution in [1.82, 2.24) is 0 Å². The number of Topliss-reactive ketones (excluding diaryl/α,β-unsaturated/α-hetero) is 1. The Kier molecular flexibility index (Phi) is 2.51. The third-order valence-corrected chi connectivity index (χ3v) is 8.38. The fraction of sp³-hybridized carbons (Fsp3) is 0.850. The fourth-order valence-electron chi connectivity index (χ4n) is 7.11. The fourth-order valence-corrected chi connectivity index (χ4v) is 7.11. The number of rotatable bonds is 0. The molecule has 0 unspecified atom stereocenters. The van der Waals surface area contributed by atoms with Crippen molar-refractivity contribution >= 4 is 5.78 Å². The van der Waals surface area contributed by atoms with E-state index in [2.05, 4.69) is 13.0 Å². The van der Waals surface area contributed by atoms with Crippen LogP contribution in [0.1, 0.15) is 58.3 Å². The predicted octanol–water partition coefficient (Wildman–Crippen LogP) is 3.15. The van der Waals surface area contributed by atoms with E-state index < -0.39 is 0 Å². The minimum atomic E-state index is -0.375. The molecule has 0 aromatic rings. The van der Waals surface area contributed by atoms with Gasteiger partial charge in [-0.25, -0.2) is 0 Å². The molecule has 0 bridgehead atoms. The first-order valence-corrected chi connectivity index (χ1v) is 9.75. The summed E-state index contributed by atoms with van der Waals surface area (Å²) in [6.45, 7) is 3.65. The van der Waals surface area contributed by atoms with E-state index in [9.17, 15) is 4.79 Å². The number of hydrogen-bond donors (Lipinski definition) is 0. The summed E-state index contributed by atoms with van der Waals surface area (Å²) in [5.74, 6) is 1.21. The molecule has 6 rings (SSSR count). The summed E-state index contributed by atoms with van der Waals surface area (Å²) in [7, 11) is 0. The van der Waals surface area contributed by atoms with E-state index in [0.29, 0.717) is 17.6 Å². The largest absolute Gasteiger partial charge is 0.358 e. The molecule has 3 saturated carbocycles. The highest BCUT2D eigenvalue weighted by Crippen LogP contribution is 2.73. The van der Waals surface area contributed by atoms with E-state index in [-0.39, 0.29) is 22.4 Å². The zero-order chi connectivity index (χ0) is 16.2. The van der Waals surface area contributed by atoms with E-state index in [1.807, 2.05) is 0 Å². The zero-order valence-corrected chi connectivity index (χ0v) is 14.4. The molecule has 4 nitrogen and oxygen atoms in total. The Bertz CT molecular complexity index is 663. The Labute approximate surface area is 142 Å². The minimum absolute atomic E-state index is 0.0473. The van der Waals surface area contributed by atoms with E-state index in [0.717, 1.165) is 64.6 Å². The van der Waals surface area contributed by atoms with E-state index in [4.69, 9.17) is 14.2 Å². The molecular weight excluding hydrogens is 304 g/mol. The summed E-state index contributed by atoms with van der Waals surface area (Å²) >= 11 is 0. The highest BCUT2D eigenvalue weighted by Gasteiger charge is 2.79. The maximum absolute atomic E-state index is 12.5. The lowest BCUT2D eigenvalue weighted by atomic mass is 9.54. The molecule has 2 heterocycles. The van der Waals surface area contributed by atoms with Crippen LogP contribution in [0.3, 0.4) is 0 Å². The molecule has 24 heavy (non-hydrogen) atoms. The first-order chi connectivity index (χ1) is 11.5. The van der Waals surface area contributed by atoms with Gasteiger partial charge in [0.25, 0.3) is 0 Å². The van der Waals surface area contributed by atoms with Gasteiger partial charge < -0.3 is 14.2 Å². The lowest BCUT2D eigenvalue weighted by Gasteiger charge is -2.48. The van der Waals surface area contributed by atoms with Gasteiger partial charge in [-0.2, -0.15) is 0 Å². The van der Waals surface area contributed by atoms with Crippen LogP contribution < -0.4 is 0 Å². The SMILES string of the molecule is C[C@@]12CC=C3[C@H](CC[C@]45CC6(CC[C@]34O5)OCCO6)[C@H]1CCC2=O. The number of fused-ring (bicyclic) bond motifs is 3. The number of carbonyl (C=O) groups is 1. The molecule has 5 atom stereocenters. The zero-order valence-electron chi connectivity index (χ0n) is 14.4. The van der Waals surface area contributed by atoms with Crippen molar-refractivity contribution in [1.29, 1.82) is 0 Å². The summed E-state index contributed by atoms with van der Waals surface area (Å²) < 4.78 is 18.5. The highest BCUT2D eigenvalue weighted by molar-refractivity contribution is 5.87. The van der Waals surface area contributed by atoms with Gasteiger partial charge in [0.1, 0.15) is 17.0 Å². The van der Waals surface area contributed by atoms with Crippen LogP contribution in [-0.4, -0.2) is 36.0 Å². The Morgan fingerprint density at radius 3 is 2.79 bits per heavy atom. The van der Waals surface area contributed by atoms with Crippen LogP contribution in [0.5, 0.6) is 0 Å². The van der Waals surface area contributed by atoms with E-state index in [1.165, 1.54) is 0 Å². The van der Waals surface area contributed by atoms with Crippen molar-refractivity contribution in [2.24, 2.45) is 17.3 Å². The maximum Gasteiger partial charge on any atom is 0.171 e. The molecule has 4 aliphatic carbocycles. The number of epoxide rings is 1. The molecule has 0 aromatic heterocycles. The van der Waals surface area contributed by atoms with Crippen LogP contribution in [-0.2, 0) is 19.0 Å². The van der Waals surface area contributed by atoms with Crippen molar-refractivity contribution < 1.29 is 19.0 Å². The molecule has 6 aliphatic rings. The van der Waals surface area contributed by atoms with Gasteiger partial charge in [0.2, 0.25) is 0 Å². The number of ether oxygens (including phenoxy) is 3. The molecule has 2 aliphatic heterocycles. The second-order valence-corrected chi connectivity index (χ2v) is 9.20. The average molecular weight is 330 g/mol. The molecule has 1 spiro atoms. The molecular formula is C20H26O4. The third-order valence-electron chi connectivity index (χ3n) is 8.38. The van der Waals surface area contributed by atoms with Gasteiger partial charge >= 0.3 is 0 Å². The molecule has 130 valence electrons. The number of hydrogen-bond acceptors (Lipinski definition) is 4. The summed E-state index contributed by atoms with van der Waals surface area (Å²) in [6, 6.07) is 0. The number of allylic oxidation sites excluding steroid dienone is 1. The quantitative estimate of drug-likeness (QED) is 0.506. The van der Waals surface area contributed by atoms with Gasteiger partial charge in [-0.15, -0.1) is 0 Å². The van der Waals surface area contributed by atoms with Crippen LogP contribution >= 0.6 is 0 Å². The normalized spacial score (nSPS) is 53.9. The first kappa shape index (κ1) is 14.5. The number of carbonyl (C=O) groups excluding carboxylic acids is 1. The molecule has 2 saturated heterocycles. The van der Waals surface area contributed by atoms with Crippen molar-refractivity contribution in [3.63, 3.8) is 0 Å². The number of ketones is 1. The predicted molar refractivity (Wildman–Crippen MR) is 86.3 cm³/mol. The second-order valence-electron chi connectivity index (χ2n) is 9.20. The lowest BCUT2D eigenvalue weighted by molar-refractivity contribution is -0.185. The van der Waals surface area contributed by atoms with Crippen LogP contribution in [0.2, 0.25) is 0 Å². The summed E-state index contributed by atoms with van der Waals surface area (Å²) in [4.78, 5) is 12.5. The lowest BCUT2D eigenvalue weighted by Crippen LogP contribution is -2.51. The van der Waals surface area contributed by atoms with Crippen LogP contribution in [0.25, 0.3) is 0 Å². The van der Waals surface area contributed by atoms with Gasteiger partial charge in [0, 0.05) is 24.7 Å². The summed E-state index contributed by atoms with van der Waals surface area (Å²) in [5, 5.41) is 0. The molecule has 0 aromatic carbocycles. The Morgan fingerprint density at radius 1 is 1.12 bits per heavy atom. The minimum Gasteiger partial charge on any atom is -0.358 e. The molecule has 0 radical (unpaired) electrons. The highest BCUT2D eigenvalue weighted by atomic mass is 16.7. The Hall–Kier alpha value is -0.710. The smallest absolute Gasteiger partial charge is 0.171 e. The second kappa shape index (κ2) is 4.16. The van der Waals surface area contributed by atoms with Crippen molar-refractivity contribution in [3.05, 3.63) is 11.6 Å². The van der Waals surface area contributed by atoms with Gasteiger partial charge in [0.15, 0.2) is 5.79 Å². The van der Waals surface area contributed by atoms with Crippen molar-refractivity contribution in [3.8, 4) is 0 Å². The van der Waals surface area contributed by atoms with Crippen LogP contribution in [0.15, 0.2) is 11.6 Å². The Balaban J connectivity index is 1.37. The van der Waals surface area contributed by atoms with Gasteiger partial charge in [-0.3, -0.25) is 4.79 Å². The average Bonchev–Trinajstić information content (AvgIpc) is 2.88. The maximum atomic E-state index is 12.5. The van der Waals surface area contributed by atoms with Gasteiger partial charge in [-0.1, -0.05) is 13.0 Å². The molecule has 0 N–H and O–H groups in total. The summed E-state index contributed by atoms with van der Waals surface area (Å²) in [5.41, 5.74) is 1.34. The van der Waals surface area contributed by atoms with Gasteiger partial charge in [-0.05, 0) is 49.5 Å². The van der Waals surface area contributed by atoms with E-state index in [1.54, 1.807) is 5.57 Å². The first-order valence-electron chi connectivity index (χ1n) is 9.75. The third kappa shape index (κ3) is 1.47. The topological polar surface area (TPSA) is 48.1 Å². The van der Waals surface area contributed by atoms with E-state index >= 15 is 0 Å². The molecule has 0 amide bonds. The van der Waals surface area contributed by atoms with Gasteiger partial charge in [0.05, 0.1) is 13.2 Å². The summed E-state index contributed by atoms with van der Waals surface area (Å²) in [6.07, 6.45) is 10.3. The van der Waals surface area contributed by atoms with Crippen molar-refractivity contribution in [2.45, 2.75) is 75.3 Å². The van der Waals surface area contributed by atoms with Crippen LogP contribution in [0.4, 0.5) is 0 Å². The van der Waals surface area contributed by atoms with Crippen LogP contribution in [0, 0.1) is 17.3 Å². The Morgan fingerprint density at radius 2 is 1.96 bits per heavy atom. The monoisotopic (exact) mass is 330 g/mol.